The molecule has 9 heavy (non-hydrogen) atoms. The van der Waals surface area contributed by atoms with Crippen molar-refractivity contribution in [1.82, 2.24) is 0 Å². The molecule has 0 aliphatic rings. The van der Waals surface area contributed by atoms with E-state index in [2.05, 4.69) is 11.8 Å². The molecule has 0 aliphatic carbocycles. The van der Waals surface area contributed by atoms with E-state index >= 15 is 0 Å². The molecule has 0 aliphatic heterocycles. The van der Waals surface area contributed by atoms with Gasteiger partial charge in [0.2, 0.25) is 0 Å². The lowest BCUT2D eigenvalue weighted by molar-refractivity contribution is 1.03. The summed E-state index contributed by atoms with van der Waals surface area (Å²) in [6.45, 7) is 3.40. The van der Waals surface area contributed by atoms with Crippen LogP contribution in [0.2, 0.25) is 0 Å². The molecule has 0 atom stereocenters. The SMILES string of the molecule is C=NN(C)c1ccsc1. The lowest BCUT2D eigenvalue weighted by atomic mass is 10.5. The number of thiophene rings is 1. The summed E-state index contributed by atoms with van der Waals surface area (Å²) in [4.78, 5) is 0. The van der Waals surface area contributed by atoms with Gasteiger partial charge in [0.25, 0.3) is 0 Å². The second-order valence-electron chi connectivity index (χ2n) is 1.65. The zero-order valence-corrected chi connectivity index (χ0v) is 6.06. The Labute approximate surface area is 58.4 Å². The van der Waals surface area contributed by atoms with Crippen molar-refractivity contribution < 1.29 is 0 Å². The Morgan fingerprint density at radius 2 is 2.56 bits per heavy atom. The van der Waals surface area contributed by atoms with E-state index in [-0.39, 0.29) is 0 Å². The highest BCUT2D eigenvalue weighted by Crippen LogP contribution is 2.15. The van der Waals surface area contributed by atoms with E-state index in [1.807, 2.05) is 23.9 Å². The van der Waals surface area contributed by atoms with Crippen LogP contribution in [-0.2, 0) is 0 Å². The molecule has 3 heteroatoms. The van der Waals surface area contributed by atoms with Gasteiger partial charge in [-0.3, -0.25) is 5.01 Å². The maximum Gasteiger partial charge on any atom is 0.0697 e. The van der Waals surface area contributed by atoms with Gasteiger partial charge in [0, 0.05) is 19.1 Å². The third-order valence-corrected chi connectivity index (χ3v) is 1.76. The van der Waals surface area contributed by atoms with Crippen molar-refractivity contribution in [2.75, 3.05) is 12.1 Å². The second kappa shape index (κ2) is 2.64. The topological polar surface area (TPSA) is 15.6 Å². The van der Waals surface area contributed by atoms with Gasteiger partial charge >= 0.3 is 0 Å². The summed E-state index contributed by atoms with van der Waals surface area (Å²) in [5, 5.41) is 9.49. The Kier molecular flexibility index (Phi) is 1.85. The van der Waals surface area contributed by atoms with Crippen molar-refractivity contribution >= 4 is 23.7 Å². The molecule has 0 N–H and O–H groups in total. The van der Waals surface area contributed by atoms with Gasteiger partial charge in [-0.25, -0.2) is 0 Å². The molecule has 1 aromatic rings. The molecule has 0 amide bonds. The molecular formula is C6H8N2S. The van der Waals surface area contributed by atoms with Crippen LogP contribution in [0.25, 0.3) is 0 Å². The average Bonchev–Trinajstić information content (AvgIpc) is 2.37. The lowest BCUT2D eigenvalue weighted by Crippen LogP contribution is -2.04. The molecule has 1 aromatic heterocycles. The fraction of sp³-hybridized carbons (Fsp3) is 0.167. The van der Waals surface area contributed by atoms with Crippen LogP contribution in [0, 0.1) is 0 Å². The first-order chi connectivity index (χ1) is 4.34. The number of hydrogen-bond donors (Lipinski definition) is 0. The van der Waals surface area contributed by atoms with Crippen molar-refractivity contribution in [3.05, 3.63) is 16.8 Å². The largest absolute Gasteiger partial charge is 0.268 e. The number of hydrogen-bond acceptors (Lipinski definition) is 3. The molecule has 0 aromatic carbocycles. The first kappa shape index (κ1) is 6.29. The van der Waals surface area contributed by atoms with Crippen LogP contribution in [0.15, 0.2) is 21.9 Å². The van der Waals surface area contributed by atoms with E-state index < -0.39 is 0 Å². The highest BCUT2D eigenvalue weighted by atomic mass is 32.1. The molecule has 0 unspecified atom stereocenters. The standard InChI is InChI=1S/C6H8N2S/c1-7-8(2)6-3-4-9-5-6/h3-5H,1H2,2H3. The van der Waals surface area contributed by atoms with Crippen LogP contribution in [0.1, 0.15) is 0 Å². The molecule has 0 fully saturated rings. The summed E-state index contributed by atoms with van der Waals surface area (Å²) in [6, 6.07) is 2.00. The molecule has 1 heterocycles. The molecule has 1 rings (SSSR count). The lowest BCUT2D eigenvalue weighted by Gasteiger charge is -2.07. The van der Waals surface area contributed by atoms with Gasteiger partial charge in [0.15, 0.2) is 0 Å². The predicted octanol–water partition coefficient (Wildman–Crippen LogP) is 1.80. The number of anilines is 1. The van der Waals surface area contributed by atoms with Crippen LogP contribution in [-0.4, -0.2) is 13.8 Å². The zero-order valence-electron chi connectivity index (χ0n) is 5.24. The van der Waals surface area contributed by atoms with E-state index in [1.54, 1.807) is 16.3 Å². The van der Waals surface area contributed by atoms with E-state index in [0.717, 1.165) is 5.69 Å². The Morgan fingerprint density at radius 1 is 1.78 bits per heavy atom. The first-order valence-corrected chi connectivity index (χ1v) is 3.51. The van der Waals surface area contributed by atoms with Crippen molar-refractivity contribution in [3.8, 4) is 0 Å². The molecule has 0 radical (unpaired) electrons. The van der Waals surface area contributed by atoms with Crippen LogP contribution in [0.3, 0.4) is 0 Å². The maximum atomic E-state index is 3.72. The minimum Gasteiger partial charge on any atom is -0.268 e. The van der Waals surface area contributed by atoms with Gasteiger partial charge in [-0.05, 0) is 11.4 Å². The van der Waals surface area contributed by atoms with Crippen LogP contribution in [0.4, 0.5) is 5.69 Å². The molecule has 0 saturated carbocycles. The van der Waals surface area contributed by atoms with Crippen molar-refractivity contribution in [3.63, 3.8) is 0 Å². The van der Waals surface area contributed by atoms with E-state index in [9.17, 15) is 0 Å². The summed E-state index contributed by atoms with van der Waals surface area (Å²) < 4.78 is 0. The number of nitrogens with zero attached hydrogens (tertiary/aromatic N) is 2. The highest BCUT2D eigenvalue weighted by molar-refractivity contribution is 7.08. The summed E-state index contributed by atoms with van der Waals surface area (Å²) in [5.74, 6) is 0. The number of hydrazone groups is 1. The fourth-order valence-electron chi connectivity index (χ4n) is 0.523. The Bertz CT molecular complexity index is 181. The minimum absolute atomic E-state index is 1.09. The number of rotatable bonds is 2. The highest BCUT2D eigenvalue weighted by Gasteiger charge is 1.93. The fourth-order valence-corrected chi connectivity index (χ4v) is 1.19. The van der Waals surface area contributed by atoms with Gasteiger partial charge in [0.05, 0.1) is 5.69 Å². The Morgan fingerprint density at radius 3 is 3.00 bits per heavy atom. The van der Waals surface area contributed by atoms with Gasteiger partial charge in [-0.2, -0.15) is 16.4 Å². The van der Waals surface area contributed by atoms with E-state index in [4.69, 9.17) is 0 Å². The van der Waals surface area contributed by atoms with Gasteiger partial charge in [0.1, 0.15) is 0 Å². The first-order valence-electron chi connectivity index (χ1n) is 2.57. The van der Waals surface area contributed by atoms with Gasteiger partial charge in [-0.1, -0.05) is 0 Å². The smallest absolute Gasteiger partial charge is 0.0697 e. The van der Waals surface area contributed by atoms with E-state index in [1.165, 1.54) is 0 Å². The summed E-state index contributed by atoms with van der Waals surface area (Å²) >= 11 is 1.65. The Hall–Kier alpha value is -0.830. The van der Waals surface area contributed by atoms with Crippen LogP contribution < -0.4 is 5.01 Å². The second-order valence-corrected chi connectivity index (χ2v) is 2.43. The third-order valence-electron chi connectivity index (χ3n) is 1.09. The van der Waals surface area contributed by atoms with E-state index in [0.29, 0.717) is 0 Å². The van der Waals surface area contributed by atoms with Crippen LogP contribution >= 0.6 is 11.3 Å². The molecule has 0 bridgehead atoms. The monoisotopic (exact) mass is 140 g/mol. The molecular weight excluding hydrogens is 132 g/mol. The van der Waals surface area contributed by atoms with Gasteiger partial charge < -0.3 is 0 Å². The van der Waals surface area contributed by atoms with Crippen molar-refractivity contribution in [2.24, 2.45) is 5.10 Å². The van der Waals surface area contributed by atoms with Crippen molar-refractivity contribution in [2.45, 2.75) is 0 Å². The third kappa shape index (κ3) is 1.29. The quantitative estimate of drug-likeness (QED) is 0.452. The molecule has 0 saturated heterocycles. The normalized spacial score (nSPS) is 9.00. The van der Waals surface area contributed by atoms with Gasteiger partial charge in [-0.15, -0.1) is 0 Å². The average molecular weight is 140 g/mol. The zero-order chi connectivity index (χ0) is 6.69. The minimum atomic E-state index is 1.09. The summed E-state index contributed by atoms with van der Waals surface area (Å²) in [6.07, 6.45) is 0. The molecule has 0 spiro atoms. The predicted molar refractivity (Wildman–Crippen MR) is 42.3 cm³/mol. The van der Waals surface area contributed by atoms with Crippen molar-refractivity contribution in [1.29, 1.82) is 0 Å². The van der Waals surface area contributed by atoms with Crippen LogP contribution in [0.5, 0.6) is 0 Å². The Balaban J connectivity index is 2.76. The summed E-state index contributed by atoms with van der Waals surface area (Å²) in [7, 11) is 1.87. The summed E-state index contributed by atoms with van der Waals surface area (Å²) in [5.41, 5.74) is 1.09. The maximum absolute atomic E-state index is 3.72. The molecule has 2 nitrogen and oxygen atoms in total. The molecule has 48 valence electrons.